The average Bonchev–Trinajstić information content (AvgIpc) is 3.02. The molecule has 0 aromatic heterocycles. The van der Waals surface area contributed by atoms with Crippen molar-refractivity contribution in [2.75, 3.05) is 19.8 Å². The van der Waals surface area contributed by atoms with Crippen molar-refractivity contribution in [3.8, 4) is 11.1 Å². The summed E-state index contributed by atoms with van der Waals surface area (Å²) in [5.74, 6) is -1.05. The topological polar surface area (TPSA) is 90.9 Å². The summed E-state index contributed by atoms with van der Waals surface area (Å²) in [6, 6.07) is 15.4. The third-order valence-corrected chi connectivity index (χ3v) is 4.64. The molecule has 0 saturated heterocycles. The first kappa shape index (κ1) is 20.4. The molecule has 1 amide bonds. The maximum atomic E-state index is 12.3. The Hall–Kier alpha value is -3.35. The maximum Gasteiger partial charge on any atom is 0.407 e. The molecule has 7 nitrogen and oxygen atoms in total. The molecule has 0 heterocycles. The van der Waals surface area contributed by atoms with Gasteiger partial charge in [0.2, 0.25) is 0 Å². The van der Waals surface area contributed by atoms with Gasteiger partial charge in [-0.1, -0.05) is 48.5 Å². The van der Waals surface area contributed by atoms with Gasteiger partial charge in [-0.25, -0.2) is 4.79 Å². The number of rotatable bonds is 7. The standard InChI is InChI=1S/C22H23NO6/c1-14(24)27-11-16(12-28-15(2)25)23-22(26)29-13-21-19-9-5-3-7-17(19)18-8-4-6-10-20(18)21/h3-10,16,21H,11-13H2,1-2H3,(H,23,26). The van der Waals surface area contributed by atoms with Gasteiger partial charge in [0.05, 0.1) is 0 Å². The smallest absolute Gasteiger partial charge is 0.407 e. The molecule has 0 aliphatic heterocycles. The first-order valence-corrected chi connectivity index (χ1v) is 9.34. The SMILES string of the molecule is CC(=O)OCC(COC(C)=O)NC(=O)OCC1c2ccccc2-c2ccccc21. The minimum Gasteiger partial charge on any atom is -0.464 e. The Balaban J connectivity index is 1.63. The summed E-state index contributed by atoms with van der Waals surface area (Å²) in [5.41, 5.74) is 4.50. The number of hydrogen-bond acceptors (Lipinski definition) is 6. The molecule has 1 aliphatic carbocycles. The lowest BCUT2D eigenvalue weighted by Gasteiger charge is -2.19. The van der Waals surface area contributed by atoms with Gasteiger partial charge in [-0.3, -0.25) is 9.59 Å². The summed E-state index contributed by atoms with van der Waals surface area (Å²) < 4.78 is 15.3. The van der Waals surface area contributed by atoms with Crippen LogP contribution in [0.2, 0.25) is 0 Å². The highest BCUT2D eigenvalue weighted by molar-refractivity contribution is 5.79. The number of ether oxygens (including phenoxy) is 3. The minimum atomic E-state index is -0.696. The molecular formula is C22H23NO6. The van der Waals surface area contributed by atoms with Gasteiger partial charge >= 0.3 is 18.0 Å². The van der Waals surface area contributed by atoms with E-state index in [1.165, 1.54) is 13.8 Å². The van der Waals surface area contributed by atoms with E-state index in [1.807, 2.05) is 36.4 Å². The maximum absolute atomic E-state index is 12.3. The number of hydrogen-bond donors (Lipinski definition) is 1. The molecule has 0 bridgehead atoms. The monoisotopic (exact) mass is 397 g/mol. The van der Waals surface area contributed by atoms with Crippen molar-refractivity contribution in [2.24, 2.45) is 0 Å². The van der Waals surface area contributed by atoms with Gasteiger partial charge in [-0.15, -0.1) is 0 Å². The van der Waals surface area contributed by atoms with Crippen LogP contribution in [0.5, 0.6) is 0 Å². The van der Waals surface area contributed by atoms with Crippen molar-refractivity contribution < 1.29 is 28.6 Å². The second-order valence-electron chi connectivity index (χ2n) is 6.77. The zero-order chi connectivity index (χ0) is 20.8. The van der Waals surface area contributed by atoms with Crippen LogP contribution < -0.4 is 5.32 Å². The van der Waals surface area contributed by atoms with E-state index in [0.29, 0.717) is 0 Å². The molecule has 0 unspecified atom stereocenters. The fraction of sp³-hybridized carbons (Fsp3) is 0.318. The average molecular weight is 397 g/mol. The van der Waals surface area contributed by atoms with Crippen molar-refractivity contribution in [1.29, 1.82) is 0 Å². The Bertz CT molecular complexity index is 846. The third kappa shape index (κ3) is 5.13. The second-order valence-corrected chi connectivity index (χ2v) is 6.77. The number of benzene rings is 2. The van der Waals surface area contributed by atoms with Crippen molar-refractivity contribution in [3.63, 3.8) is 0 Å². The third-order valence-electron chi connectivity index (χ3n) is 4.64. The van der Waals surface area contributed by atoms with Crippen LogP contribution in [0, 0.1) is 0 Å². The quantitative estimate of drug-likeness (QED) is 0.570. The van der Waals surface area contributed by atoms with Crippen molar-refractivity contribution >= 4 is 18.0 Å². The van der Waals surface area contributed by atoms with Crippen LogP contribution in [-0.4, -0.2) is 43.9 Å². The Morgan fingerprint density at radius 3 is 1.79 bits per heavy atom. The van der Waals surface area contributed by atoms with E-state index in [2.05, 4.69) is 17.4 Å². The summed E-state index contributed by atoms with van der Waals surface area (Å²) in [7, 11) is 0. The van der Waals surface area contributed by atoms with Crippen LogP contribution in [0.1, 0.15) is 30.9 Å². The predicted molar refractivity (Wildman–Crippen MR) is 105 cm³/mol. The second kappa shape index (κ2) is 9.23. The van der Waals surface area contributed by atoms with Gasteiger partial charge < -0.3 is 19.5 Å². The van der Waals surface area contributed by atoms with Crippen molar-refractivity contribution in [3.05, 3.63) is 59.7 Å². The fourth-order valence-corrected chi connectivity index (χ4v) is 3.37. The number of amides is 1. The molecule has 0 atom stereocenters. The van der Waals surface area contributed by atoms with Crippen LogP contribution >= 0.6 is 0 Å². The molecule has 2 aromatic rings. The summed E-state index contributed by atoms with van der Waals surface area (Å²) in [4.78, 5) is 34.4. The van der Waals surface area contributed by atoms with Gasteiger partial charge in [-0.2, -0.15) is 0 Å². The number of nitrogens with one attached hydrogen (secondary N) is 1. The lowest BCUT2D eigenvalue weighted by molar-refractivity contribution is -0.144. The van der Waals surface area contributed by atoms with E-state index in [-0.39, 0.29) is 25.7 Å². The van der Waals surface area contributed by atoms with E-state index in [9.17, 15) is 14.4 Å². The van der Waals surface area contributed by atoms with E-state index < -0.39 is 24.1 Å². The molecular weight excluding hydrogens is 374 g/mol. The fourth-order valence-electron chi connectivity index (χ4n) is 3.37. The highest BCUT2D eigenvalue weighted by atomic mass is 16.6. The number of alkyl carbamates (subject to hydrolysis) is 1. The molecule has 29 heavy (non-hydrogen) atoms. The zero-order valence-corrected chi connectivity index (χ0v) is 16.3. The summed E-state index contributed by atoms with van der Waals surface area (Å²) in [6.45, 7) is 2.44. The molecule has 3 rings (SSSR count). The number of fused-ring (bicyclic) bond motifs is 3. The van der Waals surface area contributed by atoms with E-state index in [4.69, 9.17) is 14.2 Å². The van der Waals surface area contributed by atoms with Gasteiger partial charge in [-0.05, 0) is 22.3 Å². The Morgan fingerprint density at radius 1 is 0.828 bits per heavy atom. The van der Waals surface area contributed by atoms with Gasteiger partial charge in [0, 0.05) is 19.8 Å². The molecule has 152 valence electrons. The lowest BCUT2D eigenvalue weighted by Crippen LogP contribution is -2.42. The highest BCUT2D eigenvalue weighted by Crippen LogP contribution is 2.44. The lowest BCUT2D eigenvalue weighted by atomic mass is 9.98. The van der Waals surface area contributed by atoms with Gasteiger partial charge in [0.15, 0.2) is 0 Å². The van der Waals surface area contributed by atoms with Crippen molar-refractivity contribution in [1.82, 2.24) is 5.32 Å². The highest BCUT2D eigenvalue weighted by Gasteiger charge is 2.29. The van der Waals surface area contributed by atoms with E-state index in [1.54, 1.807) is 0 Å². The number of carbonyl (C=O) groups excluding carboxylic acids is 3. The Labute approximate surface area is 169 Å². The minimum absolute atomic E-state index is 0.0615. The molecule has 0 fully saturated rings. The first-order valence-electron chi connectivity index (χ1n) is 9.34. The Kier molecular flexibility index (Phi) is 6.49. The van der Waals surface area contributed by atoms with E-state index >= 15 is 0 Å². The molecule has 7 heteroatoms. The molecule has 2 aromatic carbocycles. The first-order chi connectivity index (χ1) is 14.0. The van der Waals surface area contributed by atoms with E-state index in [0.717, 1.165) is 22.3 Å². The summed E-state index contributed by atoms with van der Waals surface area (Å²) in [5, 5.41) is 2.58. The summed E-state index contributed by atoms with van der Waals surface area (Å²) >= 11 is 0. The van der Waals surface area contributed by atoms with Gasteiger partial charge in [0.25, 0.3) is 0 Å². The van der Waals surface area contributed by atoms with Crippen LogP contribution in [0.4, 0.5) is 4.79 Å². The zero-order valence-electron chi connectivity index (χ0n) is 16.3. The number of esters is 2. The van der Waals surface area contributed by atoms with Crippen LogP contribution in [0.25, 0.3) is 11.1 Å². The molecule has 0 radical (unpaired) electrons. The molecule has 1 N–H and O–H groups in total. The normalized spacial score (nSPS) is 12.1. The number of carbonyl (C=O) groups is 3. The molecule has 0 spiro atoms. The Morgan fingerprint density at radius 2 is 1.31 bits per heavy atom. The molecule has 0 saturated carbocycles. The summed E-state index contributed by atoms with van der Waals surface area (Å²) in [6.07, 6.45) is -0.670. The predicted octanol–water partition coefficient (Wildman–Crippen LogP) is 3.02. The largest absolute Gasteiger partial charge is 0.464 e. The van der Waals surface area contributed by atoms with Crippen LogP contribution in [-0.2, 0) is 23.8 Å². The molecule has 1 aliphatic rings. The van der Waals surface area contributed by atoms with Crippen molar-refractivity contribution in [2.45, 2.75) is 25.8 Å². The van der Waals surface area contributed by atoms with Crippen LogP contribution in [0.15, 0.2) is 48.5 Å². The van der Waals surface area contributed by atoms with Crippen LogP contribution in [0.3, 0.4) is 0 Å². The van der Waals surface area contributed by atoms with Gasteiger partial charge in [0.1, 0.15) is 25.9 Å².